The second kappa shape index (κ2) is 8.43. The van der Waals surface area contributed by atoms with Crippen LogP contribution in [0.25, 0.3) is 0 Å². The third-order valence-electron chi connectivity index (χ3n) is 6.35. The van der Waals surface area contributed by atoms with Gasteiger partial charge in [0.15, 0.2) is 0 Å². The molecule has 8 heteroatoms. The number of amides is 3. The van der Waals surface area contributed by atoms with Crippen molar-refractivity contribution >= 4 is 34.7 Å². The van der Waals surface area contributed by atoms with E-state index in [9.17, 15) is 14.4 Å². The molecule has 1 fully saturated rings. The Morgan fingerprint density at radius 3 is 2.74 bits per heavy atom. The average molecular weight is 441 g/mol. The predicted molar refractivity (Wildman–Crippen MR) is 121 cm³/mol. The molecule has 1 saturated heterocycles. The summed E-state index contributed by atoms with van der Waals surface area (Å²) < 4.78 is 0. The van der Waals surface area contributed by atoms with Gasteiger partial charge < -0.3 is 15.1 Å². The van der Waals surface area contributed by atoms with Gasteiger partial charge in [0.2, 0.25) is 11.8 Å². The minimum Gasteiger partial charge on any atom is -0.354 e. The van der Waals surface area contributed by atoms with E-state index in [-0.39, 0.29) is 36.7 Å². The van der Waals surface area contributed by atoms with Gasteiger partial charge in [-0.2, -0.15) is 11.3 Å². The first-order chi connectivity index (χ1) is 14.8. The Hall–Kier alpha value is -2.71. The van der Waals surface area contributed by atoms with E-state index in [1.165, 1.54) is 5.56 Å². The summed E-state index contributed by atoms with van der Waals surface area (Å²) >= 11 is 1.64. The Labute approximate surface area is 186 Å². The van der Waals surface area contributed by atoms with E-state index in [0.717, 1.165) is 0 Å². The summed E-state index contributed by atoms with van der Waals surface area (Å²) in [6.45, 7) is 2.69. The van der Waals surface area contributed by atoms with Crippen molar-refractivity contribution in [3.63, 3.8) is 0 Å². The van der Waals surface area contributed by atoms with E-state index in [0.29, 0.717) is 30.6 Å². The Morgan fingerprint density at radius 2 is 2.03 bits per heavy atom. The number of benzene rings is 1. The van der Waals surface area contributed by atoms with Crippen molar-refractivity contribution in [3.8, 4) is 0 Å². The summed E-state index contributed by atoms with van der Waals surface area (Å²) in [6, 6.07) is 9.38. The van der Waals surface area contributed by atoms with Crippen LogP contribution in [0.1, 0.15) is 48.1 Å². The van der Waals surface area contributed by atoms with E-state index >= 15 is 0 Å². The summed E-state index contributed by atoms with van der Waals surface area (Å²) in [7, 11) is 3.98. The highest BCUT2D eigenvalue weighted by atomic mass is 32.1. The molecule has 7 nitrogen and oxygen atoms in total. The van der Waals surface area contributed by atoms with Crippen LogP contribution in [0, 0.1) is 0 Å². The molecule has 1 aromatic carbocycles. The van der Waals surface area contributed by atoms with Crippen molar-refractivity contribution < 1.29 is 14.4 Å². The van der Waals surface area contributed by atoms with E-state index < -0.39 is 5.66 Å². The molecule has 1 N–H and O–H groups in total. The Balaban J connectivity index is 1.45. The fourth-order valence-corrected chi connectivity index (χ4v) is 5.32. The highest BCUT2D eigenvalue weighted by molar-refractivity contribution is 7.08. The van der Waals surface area contributed by atoms with E-state index in [1.54, 1.807) is 33.3 Å². The normalized spacial score (nSPS) is 21.3. The number of anilines is 1. The maximum atomic E-state index is 13.2. The van der Waals surface area contributed by atoms with E-state index in [1.807, 2.05) is 38.5 Å². The van der Waals surface area contributed by atoms with Crippen molar-refractivity contribution in [3.05, 3.63) is 52.2 Å². The van der Waals surface area contributed by atoms with Crippen LogP contribution in [0.4, 0.5) is 5.69 Å². The molecule has 0 radical (unpaired) electrons. The number of hydrogen-bond acceptors (Lipinski definition) is 5. The number of fused-ring (bicyclic) bond motifs is 3. The highest BCUT2D eigenvalue weighted by Crippen LogP contribution is 2.43. The summed E-state index contributed by atoms with van der Waals surface area (Å²) in [5.74, 6) is -0.212. The lowest BCUT2D eigenvalue weighted by Gasteiger charge is -2.48. The molecule has 2 aliphatic rings. The number of nitrogens with zero attached hydrogens (tertiary/aromatic N) is 3. The largest absolute Gasteiger partial charge is 0.354 e. The van der Waals surface area contributed by atoms with Crippen LogP contribution in [0.15, 0.2) is 41.1 Å². The number of rotatable bonds is 7. The lowest BCUT2D eigenvalue weighted by Crippen LogP contribution is -2.62. The molecule has 1 aromatic heterocycles. The molecule has 2 aliphatic heterocycles. The standard InChI is InChI=1S/C23H28N4O3S/c1-23-11-8-21(29)27(23)18-7-5-4-6-17(18)22(30)26(23)12-9-20(28)24-14-19(25(2)3)16-10-13-31-15-16/h4-7,10,13,15,19H,8-9,11-12,14H2,1-3H3,(H,24,28). The van der Waals surface area contributed by atoms with Gasteiger partial charge >= 0.3 is 0 Å². The quantitative estimate of drug-likeness (QED) is 0.719. The number of hydrogen-bond donors (Lipinski definition) is 1. The van der Waals surface area contributed by atoms with Crippen LogP contribution in [0.5, 0.6) is 0 Å². The third kappa shape index (κ3) is 3.85. The van der Waals surface area contributed by atoms with Gasteiger partial charge in [-0.3, -0.25) is 19.3 Å². The van der Waals surface area contributed by atoms with Crippen molar-refractivity contribution in [2.75, 3.05) is 32.1 Å². The van der Waals surface area contributed by atoms with Gasteiger partial charge in [-0.05, 0) is 62.0 Å². The van der Waals surface area contributed by atoms with Gasteiger partial charge in [0.25, 0.3) is 5.91 Å². The minimum atomic E-state index is -0.731. The van der Waals surface area contributed by atoms with Crippen molar-refractivity contribution in [2.45, 2.75) is 37.9 Å². The zero-order valence-corrected chi connectivity index (χ0v) is 18.9. The van der Waals surface area contributed by atoms with Crippen molar-refractivity contribution in [1.82, 2.24) is 15.1 Å². The molecule has 31 heavy (non-hydrogen) atoms. The topological polar surface area (TPSA) is 73.0 Å². The third-order valence-corrected chi connectivity index (χ3v) is 7.05. The maximum absolute atomic E-state index is 13.2. The zero-order chi connectivity index (χ0) is 22.2. The fraction of sp³-hybridized carbons (Fsp3) is 0.435. The fourth-order valence-electron chi connectivity index (χ4n) is 4.62. The van der Waals surface area contributed by atoms with Crippen LogP contribution >= 0.6 is 11.3 Å². The van der Waals surface area contributed by atoms with E-state index in [2.05, 4.69) is 21.7 Å². The molecule has 3 heterocycles. The Kier molecular flexibility index (Phi) is 5.85. The van der Waals surface area contributed by atoms with Crippen LogP contribution in [-0.4, -0.2) is 60.4 Å². The summed E-state index contributed by atoms with van der Waals surface area (Å²) in [5, 5.41) is 7.13. The maximum Gasteiger partial charge on any atom is 0.257 e. The van der Waals surface area contributed by atoms with Crippen molar-refractivity contribution in [2.24, 2.45) is 0 Å². The number of nitrogens with one attached hydrogen (secondary N) is 1. The number of carbonyl (C=O) groups excluding carboxylic acids is 3. The van der Waals surface area contributed by atoms with Crippen LogP contribution in [-0.2, 0) is 9.59 Å². The van der Waals surface area contributed by atoms with Crippen LogP contribution in [0.3, 0.4) is 0 Å². The van der Waals surface area contributed by atoms with Gasteiger partial charge in [0.05, 0.1) is 17.3 Å². The number of carbonyl (C=O) groups is 3. The Morgan fingerprint density at radius 1 is 1.26 bits per heavy atom. The summed E-state index contributed by atoms with van der Waals surface area (Å²) in [4.78, 5) is 44.0. The first kappa shape index (κ1) is 21.5. The molecular weight excluding hydrogens is 412 g/mol. The van der Waals surface area contributed by atoms with E-state index in [4.69, 9.17) is 0 Å². The molecule has 2 atom stereocenters. The van der Waals surface area contributed by atoms with Gasteiger partial charge in [-0.25, -0.2) is 0 Å². The summed E-state index contributed by atoms with van der Waals surface area (Å²) in [6.07, 6.45) is 1.15. The van der Waals surface area contributed by atoms with Gasteiger partial charge in [0.1, 0.15) is 5.66 Å². The molecule has 0 spiro atoms. The first-order valence-electron chi connectivity index (χ1n) is 10.5. The average Bonchev–Trinajstić information content (AvgIpc) is 3.36. The van der Waals surface area contributed by atoms with Gasteiger partial charge in [-0.15, -0.1) is 0 Å². The number of para-hydroxylation sites is 1. The van der Waals surface area contributed by atoms with Gasteiger partial charge in [-0.1, -0.05) is 12.1 Å². The molecule has 3 amide bonds. The number of likely N-dealkylation sites (N-methyl/N-ethyl adjacent to an activating group) is 1. The molecule has 2 aromatic rings. The first-order valence-corrected chi connectivity index (χ1v) is 11.5. The molecular formula is C23H28N4O3S. The molecule has 4 rings (SSSR count). The lowest BCUT2D eigenvalue weighted by atomic mass is 9.98. The molecule has 0 bridgehead atoms. The molecule has 2 unspecified atom stereocenters. The second-order valence-corrected chi connectivity index (χ2v) is 9.29. The smallest absolute Gasteiger partial charge is 0.257 e. The SMILES string of the molecule is CN(C)C(CNC(=O)CCN1C(=O)c2ccccc2N2C(=O)CCC12C)c1ccsc1. The minimum absolute atomic E-state index is 0.0153. The highest BCUT2D eigenvalue weighted by Gasteiger charge is 2.52. The monoisotopic (exact) mass is 440 g/mol. The summed E-state index contributed by atoms with van der Waals surface area (Å²) in [5.41, 5.74) is 1.63. The number of thiophene rings is 1. The van der Waals surface area contributed by atoms with Crippen molar-refractivity contribution in [1.29, 1.82) is 0 Å². The lowest BCUT2D eigenvalue weighted by molar-refractivity contribution is -0.121. The zero-order valence-electron chi connectivity index (χ0n) is 18.1. The molecule has 0 aliphatic carbocycles. The molecule has 164 valence electrons. The predicted octanol–water partition coefficient (Wildman–Crippen LogP) is 2.86. The van der Waals surface area contributed by atoms with Gasteiger partial charge in [0, 0.05) is 25.9 Å². The molecule has 0 saturated carbocycles. The van der Waals surface area contributed by atoms with Crippen LogP contribution in [0.2, 0.25) is 0 Å². The Bertz CT molecular complexity index is 990. The van der Waals surface area contributed by atoms with Crippen LogP contribution < -0.4 is 10.2 Å². The second-order valence-electron chi connectivity index (χ2n) is 8.51.